The predicted octanol–water partition coefficient (Wildman–Crippen LogP) is 7.43. The van der Waals surface area contributed by atoms with Gasteiger partial charge in [0.15, 0.2) is 0 Å². The van der Waals surface area contributed by atoms with Gasteiger partial charge in [-0.1, -0.05) is 59.1 Å². The van der Waals surface area contributed by atoms with Gasteiger partial charge in [0.25, 0.3) is 17.7 Å². The fourth-order valence-corrected chi connectivity index (χ4v) is 4.61. The molecule has 7 nitrogen and oxygen atoms in total. The van der Waals surface area contributed by atoms with Crippen LogP contribution in [0, 0.1) is 0 Å². The third kappa shape index (κ3) is 5.76. The second-order valence-corrected chi connectivity index (χ2v) is 9.68. The Bertz CT molecular complexity index is 1620. The summed E-state index contributed by atoms with van der Waals surface area (Å²) in [6, 6.07) is 27.9. The van der Waals surface area contributed by atoms with Crippen LogP contribution in [0.3, 0.4) is 0 Å². The van der Waals surface area contributed by atoms with Crippen molar-refractivity contribution in [3.8, 4) is 0 Å². The molecule has 0 radical (unpaired) electrons. The van der Waals surface area contributed by atoms with Crippen LogP contribution in [0.2, 0.25) is 10.0 Å². The first-order chi connectivity index (χ1) is 18.8. The van der Waals surface area contributed by atoms with Crippen LogP contribution in [0.25, 0.3) is 0 Å². The fourth-order valence-electron chi connectivity index (χ4n) is 3.90. The van der Waals surface area contributed by atoms with E-state index in [0.29, 0.717) is 22.0 Å². The maximum atomic E-state index is 13.1. The molecule has 0 atom stereocenters. The lowest BCUT2D eigenvalue weighted by atomic mass is 10.1. The van der Waals surface area contributed by atoms with Crippen LogP contribution in [-0.2, 0) is 9.59 Å². The van der Waals surface area contributed by atoms with Crippen molar-refractivity contribution in [3.63, 3.8) is 0 Å². The van der Waals surface area contributed by atoms with Gasteiger partial charge in [-0.15, -0.1) is 0 Å². The van der Waals surface area contributed by atoms with E-state index in [2.05, 4.69) is 16.0 Å². The summed E-state index contributed by atoms with van der Waals surface area (Å²) in [4.78, 5) is 39.7. The number of hydrogen-bond donors (Lipinski definition) is 3. The van der Waals surface area contributed by atoms with Gasteiger partial charge in [0.2, 0.25) is 0 Å². The zero-order chi connectivity index (χ0) is 27.5. The highest BCUT2D eigenvalue weighted by molar-refractivity contribution is 6.54. The highest BCUT2D eigenvalue weighted by Crippen LogP contribution is 2.35. The van der Waals surface area contributed by atoms with Crippen molar-refractivity contribution in [2.24, 2.45) is 0 Å². The standard InChI is InChI=1S/C29H19Cl3N4O3/c30-18-9-14-24(23(31)16-18)36-28(38)25(32)26(29(36)39)34-22-8-4-5-17(15-22)27(37)35-21-12-10-20(11-13-21)33-19-6-2-1-3-7-19/h1-16,33-34H,(H,35,37). The smallest absolute Gasteiger partial charge is 0.283 e. The number of carbonyl (C=O) groups is 3. The van der Waals surface area contributed by atoms with Crippen LogP contribution >= 0.6 is 34.8 Å². The van der Waals surface area contributed by atoms with Gasteiger partial charge < -0.3 is 16.0 Å². The number of anilines is 5. The first-order valence-electron chi connectivity index (χ1n) is 11.6. The summed E-state index contributed by atoms with van der Waals surface area (Å²) < 4.78 is 0. The van der Waals surface area contributed by atoms with Crippen LogP contribution < -0.4 is 20.9 Å². The molecule has 0 saturated heterocycles. The molecule has 194 valence electrons. The van der Waals surface area contributed by atoms with Crippen molar-refractivity contribution >= 4 is 81.0 Å². The number of halogens is 3. The number of para-hydroxylation sites is 1. The van der Waals surface area contributed by atoms with E-state index in [0.717, 1.165) is 16.3 Å². The van der Waals surface area contributed by atoms with E-state index in [9.17, 15) is 14.4 Å². The molecule has 0 bridgehead atoms. The maximum Gasteiger partial charge on any atom is 0.283 e. The fraction of sp³-hybridized carbons (Fsp3) is 0. The van der Waals surface area contributed by atoms with Crippen LogP contribution in [0.4, 0.5) is 28.4 Å². The number of imide groups is 1. The number of amides is 3. The molecule has 0 saturated carbocycles. The molecular weight excluding hydrogens is 559 g/mol. The SMILES string of the molecule is O=C(Nc1ccc(Nc2ccccc2)cc1)c1cccc(NC2=C(Cl)C(=O)N(c3ccc(Cl)cc3Cl)C2=O)c1. The summed E-state index contributed by atoms with van der Waals surface area (Å²) in [5.41, 5.74) is 3.18. The van der Waals surface area contributed by atoms with Gasteiger partial charge >= 0.3 is 0 Å². The molecule has 0 spiro atoms. The van der Waals surface area contributed by atoms with Gasteiger partial charge in [-0.3, -0.25) is 14.4 Å². The monoisotopic (exact) mass is 576 g/mol. The van der Waals surface area contributed by atoms with Gasteiger partial charge in [0.05, 0.1) is 10.7 Å². The van der Waals surface area contributed by atoms with E-state index in [1.54, 1.807) is 36.4 Å². The molecule has 5 rings (SSSR count). The molecule has 1 aliphatic rings. The van der Waals surface area contributed by atoms with E-state index >= 15 is 0 Å². The molecule has 4 aromatic carbocycles. The zero-order valence-electron chi connectivity index (χ0n) is 20.0. The highest BCUT2D eigenvalue weighted by Gasteiger charge is 2.39. The van der Waals surface area contributed by atoms with Gasteiger partial charge in [0.1, 0.15) is 10.7 Å². The number of nitrogens with zero attached hydrogens (tertiary/aromatic N) is 1. The summed E-state index contributed by atoms with van der Waals surface area (Å²) in [6.07, 6.45) is 0. The average molecular weight is 578 g/mol. The van der Waals surface area contributed by atoms with Crippen molar-refractivity contribution in [2.75, 3.05) is 20.9 Å². The normalized spacial score (nSPS) is 13.1. The second-order valence-electron chi connectivity index (χ2n) is 8.46. The Morgan fingerprint density at radius 2 is 1.31 bits per heavy atom. The summed E-state index contributed by atoms with van der Waals surface area (Å²) in [7, 11) is 0. The number of hydrogen-bond acceptors (Lipinski definition) is 5. The van der Waals surface area contributed by atoms with Crippen molar-refractivity contribution in [1.29, 1.82) is 0 Å². The Hall–Kier alpha value is -4.30. The van der Waals surface area contributed by atoms with Crippen molar-refractivity contribution in [1.82, 2.24) is 0 Å². The lowest BCUT2D eigenvalue weighted by Gasteiger charge is -2.16. The lowest BCUT2D eigenvalue weighted by molar-refractivity contribution is -0.120. The summed E-state index contributed by atoms with van der Waals surface area (Å²) >= 11 is 18.4. The number of nitrogens with one attached hydrogen (secondary N) is 3. The Labute approximate surface area is 239 Å². The predicted molar refractivity (Wildman–Crippen MR) is 156 cm³/mol. The highest BCUT2D eigenvalue weighted by atomic mass is 35.5. The van der Waals surface area contributed by atoms with Crippen LogP contribution in [0.1, 0.15) is 10.4 Å². The summed E-state index contributed by atoms with van der Waals surface area (Å²) in [5.74, 6) is -1.77. The Kier molecular flexibility index (Phi) is 7.56. The topological polar surface area (TPSA) is 90.5 Å². The van der Waals surface area contributed by atoms with Gasteiger partial charge in [-0.25, -0.2) is 4.90 Å². The quantitative estimate of drug-likeness (QED) is 0.199. The maximum absolute atomic E-state index is 13.1. The lowest BCUT2D eigenvalue weighted by Crippen LogP contribution is -2.32. The van der Waals surface area contributed by atoms with Crippen molar-refractivity contribution < 1.29 is 14.4 Å². The molecule has 39 heavy (non-hydrogen) atoms. The third-order valence-corrected chi connectivity index (χ3v) is 6.67. The van der Waals surface area contributed by atoms with E-state index < -0.39 is 11.8 Å². The zero-order valence-corrected chi connectivity index (χ0v) is 22.3. The van der Waals surface area contributed by atoms with Crippen LogP contribution in [0.5, 0.6) is 0 Å². The first-order valence-corrected chi connectivity index (χ1v) is 12.8. The average Bonchev–Trinajstić information content (AvgIpc) is 3.13. The minimum absolute atomic E-state index is 0.123. The van der Waals surface area contributed by atoms with E-state index in [4.69, 9.17) is 34.8 Å². The van der Waals surface area contributed by atoms with Crippen molar-refractivity contribution in [3.05, 3.63) is 123 Å². The van der Waals surface area contributed by atoms with E-state index in [-0.39, 0.29) is 27.3 Å². The summed E-state index contributed by atoms with van der Waals surface area (Å²) in [5, 5.41) is 9.18. The largest absolute Gasteiger partial charge is 0.356 e. The van der Waals surface area contributed by atoms with Gasteiger partial charge in [-0.05, 0) is 72.8 Å². The number of benzene rings is 4. The molecule has 10 heteroatoms. The molecule has 1 heterocycles. The molecular formula is C29H19Cl3N4O3. The minimum Gasteiger partial charge on any atom is -0.356 e. The first kappa shape index (κ1) is 26.3. The minimum atomic E-state index is -0.729. The van der Waals surface area contributed by atoms with E-state index in [1.807, 2.05) is 42.5 Å². The van der Waals surface area contributed by atoms with Gasteiger partial charge in [0, 0.05) is 33.3 Å². The van der Waals surface area contributed by atoms with Crippen LogP contribution in [-0.4, -0.2) is 17.7 Å². The molecule has 0 unspecified atom stereocenters. The third-order valence-electron chi connectivity index (χ3n) is 5.78. The molecule has 0 aliphatic carbocycles. The van der Waals surface area contributed by atoms with Crippen LogP contribution in [0.15, 0.2) is 108 Å². The number of rotatable bonds is 7. The molecule has 0 fully saturated rings. The second kappa shape index (κ2) is 11.2. The molecule has 4 aromatic rings. The molecule has 3 N–H and O–H groups in total. The van der Waals surface area contributed by atoms with Gasteiger partial charge in [-0.2, -0.15) is 0 Å². The Morgan fingerprint density at radius 3 is 2.03 bits per heavy atom. The van der Waals surface area contributed by atoms with E-state index in [1.165, 1.54) is 18.2 Å². The number of carbonyl (C=O) groups excluding carboxylic acids is 3. The molecule has 1 aliphatic heterocycles. The Morgan fingerprint density at radius 1 is 0.641 bits per heavy atom. The molecule has 0 aromatic heterocycles. The summed E-state index contributed by atoms with van der Waals surface area (Å²) in [6.45, 7) is 0. The Balaban J connectivity index is 1.28. The molecule has 3 amide bonds. The van der Waals surface area contributed by atoms with Crippen molar-refractivity contribution in [2.45, 2.75) is 0 Å².